The van der Waals surface area contributed by atoms with Gasteiger partial charge in [0.05, 0.1) is 5.69 Å². The monoisotopic (exact) mass is 244 g/mol. The molecule has 0 fully saturated rings. The lowest BCUT2D eigenvalue weighted by Crippen LogP contribution is -2.11. The molecule has 1 heterocycles. The highest BCUT2D eigenvalue weighted by Crippen LogP contribution is 2.22. The van der Waals surface area contributed by atoms with E-state index in [0.717, 1.165) is 18.8 Å². The molecule has 1 N–H and O–H groups in total. The molecule has 1 aromatic heterocycles. The topological polar surface area (TPSA) is 24.9 Å². The molecule has 0 saturated heterocycles. The van der Waals surface area contributed by atoms with E-state index < -0.39 is 0 Å². The van der Waals surface area contributed by atoms with E-state index in [2.05, 4.69) is 31.1 Å². The van der Waals surface area contributed by atoms with Gasteiger partial charge in [-0.1, -0.05) is 13.8 Å². The van der Waals surface area contributed by atoms with Gasteiger partial charge in [-0.2, -0.15) is 11.8 Å². The molecule has 0 aliphatic carbocycles. The Hall–Kier alpha value is -0.0600. The van der Waals surface area contributed by atoms with Gasteiger partial charge in [0.2, 0.25) is 0 Å². The van der Waals surface area contributed by atoms with Gasteiger partial charge in [0.1, 0.15) is 5.01 Å². The fourth-order valence-electron chi connectivity index (χ4n) is 1.26. The summed E-state index contributed by atoms with van der Waals surface area (Å²) in [6.45, 7) is 8.46. The number of nitrogens with one attached hydrogen (secondary N) is 1. The van der Waals surface area contributed by atoms with Crippen LogP contribution in [0.1, 0.15) is 35.8 Å². The van der Waals surface area contributed by atoms with Crippen molar-refractivity contribution in [3.8, 4) is 0 Å². The molecule has 15 heavy (non-hydrogen) atoms. The summed E-state index contributed by atoms with van der Waals surface area (Å²) < 4.78 is 0. The lowest BCUT2D eigenvalue weighted by Gasteiger charge is -1.97. The van der Waals surface area contributed by atoms with Crippen LogP contribution in [0.25, 0.3) is 0 Å². The normalized spacial score (nSPS) is 10.9. The van der Waals surface area contributed by atoms with Gasteiger partial charge in [0.15, 0.2) is 0 Å². The summed E-state index contributed by atoms with van der Waals surface area (Å²) in [6.07, 6.45) is 1.25. The number of thioether (sulfide) groups is 1. The highest BCUT2D eigenvalue weighted by atomic mass is 32.2. The first-order chi connectivity index (χ1) is 7.27. The molecule has 0 amide bonds. The van der Waals surface area contributed by atoms with Gasteiger partial charge in [0.25, 0.3) is 0 Å². The van der Waals surface area contributed by atoms with E-state index in [0.29, 0.717) is 0 Å². The Morgan fingerprint density at radius 2 is 2.20 bits per heavy atom. The fraction of sp³-hybridized carbons (Fsp3) is 0.727. The van der Waals surface area contributed by atoms with Crippen molar-refractivity contribution in [1.82, 2.24) is 10.3 Å². The van der Waals surface area contributed by atoms with Crippen molar-refractivity contribution in [3.05, 3.63) is 15.6 Å². The van der Waals surface area contributed by atoms with Crippen LogP contribution in [0.5, 0.6) is 0 Å². The zero-order valence-corrected chi connectivity index (χ0v) is 11.4. The summed E-state index contributed by atoms with van der Waals surface area (Å²) in [5.41, 5.74) is 1.20. The van der Waals surface area contributed by atoms with E-state index >= 15 is 0 Å². The predicted molar refractivity (Wildman–Crippen MR) is 70.7 cm³/mol. The SMILES string of the molecule is CCCSCc1nc(C)c(CNCC)s1. The first kappa shape index (κ1) is 13.0. The second-order valence-corrected chi connectivity index (χ2v) is 5.72. The second-order valence-electron chi connectivity index (χ2n) is 3.45. The number of thiazole rings is 1. The maximum Gasteiger partial charge on any atom is 0.103 e. The first-order valence-corrected chi connectivity index (χ1v) is 7.48. The Morgan fingerprint density at radius 1 is 1.40 bits per heavy atom. The van der Waals surface area contributed by atoms with E-state index in [1.807, 2.05) is 23.1 Å². The van der Waals surface area contributed by atoms with Crippen molar-refractivity contribution in [2.75, 3.05) is 12.3 Å². The summed E-state index contributed by atoms with van der Waals surface area (Å²) in [5, 5.41) is 4.63. The minimum atomic E-state index is 0.971. The molecular formula is C11H20N2S2. The molecule has 2 nitrogen and oxygen atoms in total. The maximum atomic E-state index is 4.59. The molecule has 1 rings (SSSR count). The van der Waals surface area contributed by atoms with Crippen LogP contribution in [0.2, 0.25) is 0 Å². The third kappa shape index (κ3) is 4.53. The molecule has 0 aliphatic heterocycles. The zero-order chi connectivity index (χ0) is 11.1. The molecule has 0 aromatic carbocycles. The summed E-state index contributed by atoms with van der Waals surface area (Å²) in [4.78, 5) is 5.99. The Kier molecular flexibility index (Phi) is 6.29. The van der Waals surface area contributed by atoms with Crippen molar-refractivity contribution >= 4 is 23.1 Å². The Morgan fingerprint density at radius 3 is 2.87 bits per heavy atom. The average molecular weight is 244 g/mol. The predicted octanol–water partition coefficient (Wildman–Crippen LogP) is 3.20. The Bertz CT molecular complexity index is 284. The van der Waals surface area contributed by atoms with Crippen molar-refractivity contribution in [2.24, 2.45) is 0 Å². The van der Waals surface area contributed by atoms with Gasteiger partial charge in [-0.25, -0.2) is 4.98 Å². The number of aromatic nitrogens is 1. The van der Waals surface area contributed by atoms with Crippen LogP contribution in [-0.4, -0.2) is 17.3 Å². The van der Waals surface area contributed by atoms with E-state index in [1.54, 1.807) is 0 Å². The minimum Gasteiger partial charge on any atom is -0.312 e. The summed E-state index contributed by atoms with van der Waals surface area (Å²) in [5.74, 6) is 2.31. The Balaban J connectivity index is 2.45. The number of aryl methyl sites for hydroxylation is 1. The molecule has 0 atom stereocenters. The van der Waals surface area contributed by atoms with Gasteiger partial charge >= 0.3 is 0 Å². The van der Waals surface area contributed by atoms with Gasteiger partial charge in [0, 0.05) is 17.2 Å². The number of hydrogen-bond acceptors (Lipinski definition) is 4. The maximum absolute atomic E-state index is 4.59. The molecule has 1 aromatic rings. The highest BCUT2D eigenvalue weighted by molar-refractivity contribution is 7.98. The van der Waals surface area contributed by atoms with Crippen molar-refractivity contribution in [2.45, 2.75) is 39.5 Å². The summed E-state index contributed by atoms with van der Waals surface area (Å²) >= 11 is 3.84. The molecule has 0 aliphatic rings. The van der Waals surface area contributed by atoms with Gasteiger partial charge in [-0.3, -0.25) is 0 Å². The van der Waals surface area contributed by atoms with E-state index in [-0.39, 0.29) is 0 Å². The Labute approximate surface area is 101 Å². The molecule has 0 saturated carbocycles. The van der Waals surface area contributed by atoms with Crippen LogP contribution in [0.3, 0.4) is 0 Å². The largest absolute Gasteiger partial charge is 0.312 e. The fourth-order valence-corrected chi connectivity index (χ4v) is 3.25. The van der Waals surface area contributed by atoms with Crippen LogP contribution < -0.4 is 5.32 Å². The van der Waals surface area contributed by atoms with Gasteiger partial charge in [-0.05, 0) is 25.6 Å². The van der Waals surface area contributed by atoms with Crippen LogP contribution >= 0.6 is 23.1 Å². The van der Waals surface area contributed by atoms with Crippen LogP contribution in [0.15, 0.2) is 0 Å². The van der Waals surface area contributed by atoms with Crippen LogP contribution in [0, 0.1) is 6.92 Å². The van der Waals surface area contributed by atoms with Gasteiger partial charge < -0.3 is 5.32 Å². The van der Waals surface area contributed by atoms with E-state index in [4.69, 9.17) is 0 Å². The molecule has 0 bridgehead atoms. The summed E-state index contributed by atoms with van der Waals surface area (Å²) in [7, 11) is 0. The van der Waals surface area contributed by atoms with Crippen LogP contribution in [-0.2, 0) is 12.3 Å². The molecule has 4 heteroatoms. The standard InChI is InChI=1S/C11H20N2S2/c1-4-6-14-8-11-13-9(3)10(15-11)7-12-5-2/h12H,4-8H2,1-3H3. The van der Waals surface area contributed by atoms with E-state index in [9.17, 15) is 0 Å². The lowest BCUT2D eigenvalue weighted by molar-refractivity contribution is 0.731. The van der Waals surface area contributed by atoms with E-state index in [1.165, 1.54) is 27.8 Å². The molecule has 0 radical (unpaired) electrons. The quantitative estimate of drug-likeness (QED) is 0.746. The van der Waals surface area contributed by atoms with Crippen molar-refractivity contribution < 1.29 is 0 Å². The summed E-state index contributed by atoms with van der Waals surface area (Å²) in [6, 6.07) is 0. The van der Waals surface area contributed by atoms with Crippen LogP contribution in [0.4, 0.5) is 0 Å². The minimum absolute atomic E-state index is 0.971. The number of hydrogen-bond donors (Lipinski definition) is 1. The lowest BCUT2D eigenvalue weighted by atomic mass is 10.4. The average Bonchev–Trinajstić information content (AvgIpc) is 2.57. The zero-order valence-electron chi connectivity index (χ0n) is 9.80. The van der Waals surface area contributed by atoms with Crippen molar-refractivity contribution in [1.29, 1.82) is 0 Å². The highest BCUT2D eigenvalue weighted by Gasteiger charge is 2.06. The molecule has 0 unspecified atom stereocenters. The third-order valence-corrected chi connectivity index (χ3v) is 4.56. The van der Waals surface area contributed by atoms with Crippen molar-refractivity contribution in [3.63, 3.8) is 0 Å². The first-order valence-electron chi connectivity index (χ1n) is 5.51. The van der Waals surface area contributed by atoms with Gasteiger partial charge in [-0.15, -0.1) is 11.3 Å². The molecule has 0 spiro atoms. The number of nitrogens with zero attached hydrogens (tertiary/aromatic N) is 1. The number of rotatable bonds is 7. The second kappa shape index (κ2) is 7.25. The molecule has 86 valence electrons. The third-order valence-electron chi connectivity index (χ3n) is 2.05. The smallest absolute Gasteiger partial charge is 0.103 e. The molecular weight excluding hydrogens is 224 g/mol.